The van der Waals surface area contributed by atoms with Crippen molar-refractivity contribution in [2.45, 2.75) is 50.8 Å². The molecule has 2 aliphatic rings. The number of carbonyl (C=O) groups excluding carboxylic acids is 1. The van der Waals surface area contributed by atoms with E-state index in [-0.39, 0.29) is 22.5 Å². The molecule has 9 heteroatoms. The molecule has 2 saturated heterocycles. The van der Waals surface area contributed by atoms with E-state index in [1.54, 1.807) is 13.0 Å². The molecule has 190 valence electrons. The maximum atomic E-state index is 13.4. The molecule has 1 aromatic carbocycles. The number of nitrogens with zero attached hydrogens (tertiary/aromatic N) is 3. The zero-order chi connectivity index (χ0) is 24.8. The van der Waals surface area contributed by atoms with Crippen LogP contribution in [-0.4, -0.2) is 68.0 Å². The lowest BCUT2D eigenvalue weighted by Gasteiger charge is -2.30. The first-order valence-electron chi connectivity index (χ1n) is 12.6. The topological polar surface area (TPSA) is 95.8 Å². The lowest BCUT2D eigenvalue weighted by molar-refractivity contribution is -0.126. The second-order valence-corrected chi connectivity index (χ2v) is 11.5. The Labute approximate surface area is 208 Å². The van der Waals surface area contributed by atoms with Crippen molar-refractivity contribution in [3.63, 3.8) is 0 Å². The standard InChI is InChI=1S/C26H36N4O4S/c1-20-6-8-22(9-7-20)10-11-24-25(21(2)28-34-24)35(32,33)30-18-12-23(13-19-30)26(31)27-14-5-17-29-15-3-4-16-29/h6-11,23H,3-5,12-19H2,1-2H3,(H,27,31). The number of carbonyl (C=O) groups is 1. The van der Waals surface area contributed by atoms with Gasteiger partial charge in [0.1, 0.15) is 5.69 Å². The highest BCUT2D eigenvalue weighted by molar-refractivity contribution is 7.89. The predicted molar refractivity (Wildman–Crippen MR) is 136 cm³/mol. The van der Waals surface area contributed by atoms with Crippen LogP contribution in [0, 0.1) is 19.8 Å². The summed E-state index contributed by atoms with van der Waals surface area (Å²) in [5.74, 6) is 0.102. The second-order valence-electron chi connectivity index (χ2n) is 9.58. The van der Waals surface area contributed by atoms with Crippen LogP contribution >= 0.6 is 0 Å². The van der Waals surface area contributed by atoms with E-state index < -0.39 is 10.0 Å². The van der Waals surface area contributed by atoms with E-state index in [0.717, 1.165) is 37.2 Å². The molecule has 1 aromatic heterocycles. The van der Waals surface area contributed by atoms with Crippen LogP contribution in [0.1, 0.15) is 54.7 Å². The van der Waals surface area contributed by atoms with Crippen LogP contribution in [0.15, 0.2) is 33.7 Å². The van der Waals surface area contributed by atoms with Gasteiger partial charge in [0.25, 0.3) is 0 Å². The smallest absolute Gasteiger partial charge is 0.248 e. The van der Waals surface area contributed by atoms with Gasteiger partial charge in [-0.3, -0.25) is 4.79 Å². The van der Waals surface area contributed by atoms with Gasteiger partial charge < -0.3 is 14.7 Å². The molecular weight excluding hydrogens is 464 g/mol. The minimum Gasteiger partial charge on any atom is -0.356 e. The van der Waals surface area contributed by atoms with Crippen molar-refractivity contribution in [2.24, 2.45) is 5.92 Å². The molecule has 2 fully saturated rings. The molecule has 4 rings (SSSR count). The molecule has 3 heterocycles. The summed E-state index contributed by atoms with van der Waals surface area (Å²) in [6, 6.07) is 7.92. The molecule has 0 unspecified atom stereocenters. The van der Waals surface area contributed by atoms with Gasteiger partial charge in [-0.25, -0.2) is 8.42 Å². The first kappa shape index (κ1) is 25.6. The van der Waals surface area contributed by atoms with E-state index in [9.17, 15) is 13.2 Å². The highest BCUT2D eigenvalue weighted by Crippen LogP contribution is 2.29. The first-order valence-corrected chi connectivity index (χ1v) is 14.0. The third kappa shape index (κ3) is 6.39. The summed E-state index contributed by atoms with van der Waals surface area (Å²) >= 11 is 0. The zero-order valence-electron chi connectivity index (χ0n) is 20.7. The number of benzene rings is 1. The molecule has 0 spiro atoms. The monoisotopic (exact) mass is 500 g/mol. The van der Waals surface area contributed by atoms with E-state index in [4.69, 9.17) is 4.52 Å². The van der Waals surface area contributed by atoms with Gasteiger partial charge in [0.15, 0.2) is 10.7 Å². The number of piperidine rings is 1. The summed E-state index contributed by atoms with van der Waals surface area (Å²) in [4.78, 5) is 15.1. The fourth-order valence-corrected chi connectivity index (χ4v) is 6.52. The Hall–Kier alpha value is -2.49. The van der Waals surface area contributed by atoms with Gasteiger partial charge >= 0.3 is 0 Å². The normalized spacial score (nSPS) is 18.5. The number of hydrogen-bond acceptors (Lipinski definition) is 6. The number of rotatable bonds is 9. The molecule has 0 bridgehead atoms. The van der Waals surface area contributed by atoms with Crippen molar-refractivity contribution >= 4 is 28.1 Å². The van der Waals surface area contributed by atoms with E-state index in [0.29, 0.717) is 38.2 Å². The summed E-state index contributed by atoms with van der Waals surface area (Å²) < 4.78 is 33.7. The van der Waals surface area contributed by atoms with Crippen LogP contribution in [0.25, 0.3) is 12.2 Å². The van der Waals surface area contributed by atoms with Gasteiger partial charge in [-0.15, -0.1) is 0 Å². The van der Waals surface area contributed by atoms with Crippen molar-refractivity contribution < 1.29 is 17.7 Å². The minimum atomic E-state index is -3.78. The predicted octanol–water partition coefficient (Wildman–Crippen LogP) is 3.46. The fraction of sp³-hybridized carbons (Fsp3) is 0.538. The molecule has 35 heavy (non-hydrogen) atoms. The van der Waals surface area contributed by atoms with Gasteiger partial charge in [-0.1, -0.05) is 41.1 Å². The van der Waals surface area contributed by atoms with Gasteiger partial charge in [-0.05, 0) is 77.2 Å². The third-order valence-electron chi connectivity index (χ3n) is 6.91. The Morgan fingerprint density at radius 1 is 1.09 bits per heavy atom. The Kier molecular flexibility index (Phi) is 8.41. The molecular formula is C26H36N4O4S. The molecule has 0 aliphatic carbocycles. The largest absolute Gasteiger partial charge is 0.356 e. The second kappa shape index (κ2) is 11.5. The zero-order valence-corrected chi connectivity index (χ0v) is 21.5. The minimum absolute atomic E-state index is 0.0337. The summed E-state index contributed by atoms with van der Waals surface area (Å²) in [5, 5.41) is 6.96. The quantitative estimate of drug-likeness (QED) is 0.530. The van der Waals surface area contributed by atoms with Crippen LogP contribution in [0.3, 0.4) is 0 Å². The van der Waals surface area contributed by atoms with E-state index >= 15 is 0 Å². The highest BCUT2D eigenvalue weighted by Gasteiger charge is 2.35. The number of hydrogen-bond donors (Lipinski definition) is 1. The fourth-order valence-electron chi connectivity index (χ4n) is 4.80. The van der Waals surface area contributed by atoms with Crippen molar-refractivity contribution in [2.75, 3.05) is 39.3 Å². The van der Waals surface area contributed by atoms with Crippen molar-refractivity contribution in [3.8, 4) is 0 Å². The lowest BCUT2D eigenvalue weighted by Crippen LogP contribution is -2.43. The summed E-state index contributed by atoms with van der Waals surface area (Å²) in [6.07, 6.45) is 7.98. The first-order chi connectivity index (χ1) is 16.8. The number of aromatic nitrogens is 1. The van der Waals surface area contributed by atoms with Crippen LogP contribution in [0.2, 0.25) is 0 Å². The van der Waals surface area contributed by atoms with Crippen molar-refractivity contribution in [1.82, 2.24) is 19.7 Å². The number of amides is 1. The van der Waals surface area contributed by atoms with Crippen molar-refractivity contribution in [1.29, 1.82) is 0 Å². The summed E-state index contributed by atoms with van der Waals surface area (Å²) in [7, 11) is -3.78. The molecule has 8 nitrogen and oxygen atoms in total. The van der Waals surface area contributed by atoms with Crippen LogP contribution in [0.4, 0.5) is 0 Å². The number of aryl methyl sites for hydroxylation is 2. The van der Waals surface area contributed by atoms with Gasteiger partial charge in [0, 0.05) is 25.6 Å². The van der Waals surface area contributed by atoms with Gasteiger partial charge in [0.2, 0.25) is 15.9 Å². The lowest BCUT2D eigenvalue weighted by atomic mass is 9.97. The van der Waals surface area contributed by atoms with Crippen LogP contribution in [0.5, 0.6) is 0 Å². The SMILES string of the molecule is Cc1ccc(C=Cc2onc(C)c2S(=O)(=O)N2CCC(C(=O)NCCCN3CCCC3)CC2)cc1. The van der Waals surface area contributed by atoms with E-state index in [1.807, 2.05) is 37.3 Å². The van der Waals surface area contributed by atoms with Gasteiger partial charge in [0.05, 0.1) is 0 Å². The molecule has 2 aliphatic heterocycles. The molecule has 2 aromatic rings. The highest BCUT2D eigenvalue weighted by atomic mass is 32.2. The number of sulfonamides is 1. The Morgan fingerprint density at radius 3 is 2.46 bits per heavy atom. The molecule has 1 amide bonds. The van der Waals surface area contributed by atoms with Gasteiger partial charge in [-0.2, -0.15) is 4.31 Å². The average molecular weight is 501 g/mol. The summed E-state index contributed by atoms with van der Waals surface area (Å²) in [5.41, 5.74) is 2.44. The molecule has 0 saturated carbocycles. The van der Waals surface area contributed by atoms with Crippen molar-refractivity contribution in [3.05, 3.63) is 46.8 Å². The van der Waals surface area contributed by atoms with E-state index in [2.05, 4.69) is 15.4 Å². The number of nitrogens with one attached hydrogen (secondary N) is 1. The van der Waals surface area contributed by atoms with E-state index in [1.165, 1.54) is 17.1 Å². The van der Waals surface area contributed by atoms with Crippen LogP contribution < -0.4 is 5.32 Å². The summed E-state index contributed by atoms with van der Waals surface area (Å²) in [6.45, 7) is 8.29. The molecule has 0 atom stereocenters. The third-order valence-corrected chi connectivity index (χ3v) is 8.97. The maximum Gasteiger partial charge on any atom is 0.248 e. The number of likely N-dealkylation sites (tertiary alicyclic amines) is 1. The molecule has 1 N–H and O–H groups in total. The Balaban J connectivity index is 1.32. The molecule has 0 radical (unpaired) electrons. The average Bonchev–Trinajstić information content (AvgIpc) is 3.51. The Morgan fingerprint density at radius 2 is 1.77 bits per heavy atom. The maximum absolute atomic E-state index is 13.4. The Bertz CT molecular complexity index is 1130. The van der Waals surface area contributed by atoms with Crippen LogP contribution in [-0.2, 0) is 14.8 Å².